The van der Waals surface area contributed by atoms with Crippen LogP contribution in [0.4, 0.5) is 0 Å². The number of isothiocyanates is 1. The van der Waals surface area contributed by atoms with E-state index < -0.39 is 0 Å². The number of thiocarbonyl (C=S) groups is 1. The van der Waals surface area contributed by atoms with Gasteiger partial charge in [-0.15, -0.1) is 119 Å². The van der Waals surface area contributed by atoms with E-state index in [1.54, 1.807) is 55.5 Å². The smallest absolute Gasteiger partial charge is 0.753 e. The second kappa shape index (κ2) is 59.9. The van der Waals surface area contributed by atoms with Crippen molar-refractivity contribution in [3.8, 4) is 112 Å². The number of pyridine rings is 7. The molecule has 0 aliphatic carbocycles. The first-order valence-corrected chi connectivity index (χ1v) is 38.2. The van der Waals surface area contributed by atoms with Crippen molar-refractivity contribution in [1.82, 2.24) is 34.9 Å². The van der Waals surface area contributed by atoms with E-state index in [0.29, 0.717) is 0 Å². The molecule has 7 aromatic heterocycles. The van der Waals surface area contributed by atoms with Crippen molar-refractivity contribution in [3.63, 3.8) is 0 Å². The van der Waals surface area contributed by atoms with Crippen LogP contribution in [-0.2, 0) is 87.9 Å². The fourth-order valence-electron chi connectivity index (χ4n) is 11.1. The molecule has 18 rings (SSSR count). The minimum absolute atomic E-state index is 0. The minimum Gasteiger partial charge on any atom is -0.753 e. The molecule has 0 N–H and O–H groups in total. The molecule has 617 valence electrons. The molecule has 0 aliphatic heterocycles. The Morgan fingerprint density at radius 2 is 0.492 bits per heavy atom. The van der Waals surface area contributed by atoms with Crippen molar-refractivity contribution in [2.45, 2.75) is 40.0 Å². The predicted octanol–water partition coefficient (Wildman–Crippen LogP) is 26.0. The Morgan fingerprint density at radius 3 is 0.653 bits per heavy atom. The molecule has 0 amide bonds. The molecule has 0 fully saturated rings. The van der Waals surface area contributed by atoms with Crippen LogP contribution in [0.5, 0.6) is 0 Å². The minimum atomic E-state index is 0. The molecule has 18 aromatic rings. The van der Waals surface area contributed by atoms with Crippen molar-refractivity contribution in [2.75, 3.05) is 0 Å². The zero-order valence-corrected chi connectivity index (χ0v) is 73.8. The van der Waals surface area contributed by atoms with Crippen LogP contribution >= 0.6 is 12.2 Å². The van der Waals surface area contributed by atoms with E-state index in [9.17, 15) is 0 Å². The van der Waals surface area contributed by atoms with Gasteiger partial charge >= 0.3 is 82.5 Å². The standard InChI is InChI=1S/5C17H11N.C10H13.C7H8N.C5H4N.CNS.CN.5Ni/c5*1-2-7-14(8-3-1)15-9-6-10-16(13-15)17-11-4-5-12-18-17;1-10(2,3)9-7-5-4-6-8-9;1-6-4-3-5-7(2)8-6;1-2-4-6-5-3-1;2-1-3;1-2;;;;;/h5*1-7,9-12H;5-8H,1-3H3;4-5H,1-2H3;2-5H;;;;;;;/q5*-2;5*-1;5*+3. The van der Waals surface area contributed by atoms with Crippen molar-refractivity contribution < 1.29 is 82.5 Å². The van der Waals surface area contributed by atoms with E-state index in [0.717, 1.165) is 123 Å². The van der Waals surface area contributed by atoms with E-state index in [4.69, 9.17) is 17.2 Å². The van der Waals surface area contributed by atoms with Gasteiger partial charge in [0.1, 0.15) is 0 Å². The predicted molar refractivity (Wildman–Crippen MR) is 484 cm³/mol. The van der Waals surface area contributed by atoms with E-state index >= 15 is 0 Å². The summed E-state index contributed by atoms with van der Waals surface area (Å²) >= 11 is 3.70. The normalized spacial score (nSPS) is 9.41. The molecule has 0 bridgehead atoms. The Labute approximate surface area is 788 Å². The zero-order valence-electron chi connectivity index (χ0n) is 68.0. The molecular weight excluding hydrogens is 1760 g/mol. The summed E-state index contributed by atoms with van der Waals surface area (Å²) in [4.78, 5) is 29.6. The van der Waals surface area contributed by atoms with Crippen LogP contribution in [0, 0.1) is 105 Å². The van der Waals surface area contributed by atoms with Gasteiger partial charge in [-0.1, -0.05) is 131 Å². The monoisotopic (exact) mass is 1840 g/mol. The van der Waals surface area contributed by atoms with Gasteiger partial charge in [-0.25, -0.2) is 27.8 Å². The van der Waals surface area contributed by atoms with Crippen LogP contribution in [0.2, 0.25) is 0 Å². The molecule has 5 radical (unpaired) electrons. The number of hydrogen-bond donors (Lipinski definition) is 0. The van der Waals surface area contributed by atoms with Gasteiger partial charge < -0.3 is 27.2 Å². The maximum Gasteiger partial charge on any atom is 3.00 e. The Balaban J connectivity index is 0.000000299. The topological polar surface area (TPSA) is 136 Å². The summed E-state index contributed by atoms with van der Waals surface area (Å²) in [7, 11) is 0. The summed E-state index contributed by atoms with van der Waals surface area (Å²) < 4.78 is 0. The van der Waals surface area contributed by atoms with Gasteiger partial charge in [0.2, 0.25) is 0 Å². The van der Waals surface area contributed by atoms with Gasteiger partial charge in [0.25, 0.3) is 0 Å². The molecule has 0 spiro atoms. The second-order valence-electron chi connectivity index (χ2n) is 26.3. The molecule has 0 saturated carbocycles. The summed E-state index contributed by atoms with van der Waals surface area (Å²) in [6.07, 6.45) is 12.4. The number of aromatic nitrogens is 7. The number of aryl methyl sites for hydroxylation is 2. The van der Waals surface area contributed by atoms with Gasteiger partial charge in [0.05, 0.1) is 0 Å². The summed E-state index contributed by atoms with van der Waals surface area (Å²) in [5, 5.41) is 14.7. The summed E-state index contributed by atoms with van der Waals surface area (Å²) in [5.41, 5.74) is 23.9. The van der Waals surface area contributed by atoms with Gasteiger partial charge in [-0.3, -0.25) is 24.9 Å². The first-order valence-electron chi connectivity index (χ1n) is 37.8. The third kappa shape index (κ3) is 36.5. The fraction of sp³-hybridized carbons (Fsp3) is 0.0550. The zero-order chi connectivity index (χ0) is 83.6. The van der Waals surface area contributed by atoms with Gasteiger partial charge in [0, 0.05) is 59.5 Å². The molecule has 11 aromatic carbocycles. The first kappa shape index (κ1) is 104. The summed E-state index contributed by atoms with van der Waals surface area (Å²) in [6, 6.07) is 157. The molecule has 0 saturated heterocycles. The molecule has 9 nitrogen and oxygen atoms in total. The van der Waals surface area contributed by atoms with Crippen LogP contribution in [0.15, 0.2) is 395 Å². The van der Waals surface area contributed by atoms with E-state index in [1.165, 1.54) is 10.7 Å². The number of benzene rings is 11. The second-order valence-corrected chi connectivity index (χ2v) is 26.5. The largest absolute Gasteiger partial charge is 3.00 e. The Hall–Kier alpha value is -12.8. The molecule has 124 heavy (non-hydrogen) atoms. The molecule has 0 unspecified atom stereocenters. The fourth-order valence-corrected chi connectivity index (χ4v) is 11.1. The Morgan fingerprint density at radius 1 is 0.274 bits per heavy atom. The Kier molecular flexibility index (Phi) is 50.0. The molecule has 0 atom stereocenters. The number of rotatable bonds is 10. The molecular formula is C109H80N9Ni5S. The Bertz CT molecular complexity index is 4880. The summed E-state index contributed by atoms with van der Waals surface area (Å²) in [6.45, 7) is 15.3. The van der Waals surface area contributed by atoms with Crippen molar-refractivity contribution in [3.05, 3.63) is 503 Å². The van der Waals surface area contributed by atoms with Crippen LogP contribution < -0.4 is 0 Å². The van der Waals surface area contributed by atoms with Gasteiger partial charge in [-0.05, 0) is 35.7 Å². The molecule has 0 aliphatic rings. The average molecular weight is 1840 g/mol. The quantitative estimate of drug-likeness (QED) is 0.0567. The number of hydrogen-bond acceptors (Lipinski definition) is 9. The first-order chi connectivity index (χ1) is 58.5. The SMILES string of the molecule is CC(C)(C)c1cc[c-]cc1.Cc1c[c-]cc(C)n1.[C-]#N.[N-]=C=S.[Ni+3].[Ni+3].[Ni+3].[Ni+3].[Ni+3].[c-]1ccccc1-c1[c-]c(-c2ccccn2)ccc1.[c-]1ccccc1-c1[c-]c(-c2ccccn2)ccc1.[c-]1ccccc1-c1[c-]c(-c2ccccn2)ccc1.[c-]1ccccc1-c1[c-]c(-c2ccccn2)ccc1.[c-]1ccccc1-c1[c-]c(-c2ccccn2)ccc1.[c-]1ccncc1. The molecule has 15 heteroatoms. The number of nitrogens with zero attached hydrogens (tertiary/aromatic N) is 9. The van der Waals surface area contributed by atoms with E-state index in [-0.39, 0.29) is 87.9 Å². The summed E-state index contributed by atoms with van der Waals surface area (Å²) in [5.74, 6) is 0. The van der Waals surface area contributed by atoms with Gasteiger partial charge in [-0.2, -0.15) is 287 Å². The van der Waals surface area contributed by atoms with Gasteiger partial charge in [0.15, 0.2) is 0 Å². The third-order valence-electron chi connectivity index (χ3n) is 16.7. The van der Waals surface area contributed by atoms with Crippen molar-refractivity contribution in [2.24, 2.45) is 0 Å². The third-order valence-corrected chi connectivity index (χ3v) is 16.7. The van der Waals surface area contributed by atoms with Crippen LogP contribution in [-0.4, -0.2) is 40.0 Å². The van der Waals surface area contributed by atoms with Crippen LogP contribution in [0.3, 0.4) is 0 Å². The van der Waals surface area contributed by atoms with Crippen molar-refractivity contribution >= 4 is 17.4 Å². The maximum absolute atomic E-state index is 7.13. The average Bonchev–Trinajstić information content (AvgIpc) is 0.855. The van der Waals surface area contributed by atoms with E-state index in [1.807, 2.05) is 341 Å². The maximum atomic E-state index is 7.13. The van der Waals surface area contributed by atoms with Crippen LogP contribution in [0.1, 0.15) is 37.7 Å². The van der Waals surface area contributed by atoms with Crippen LogP contribution in [0.25, 0.3) is 117 Å². The molecule has 7 heterocycles. The van der Waals surface area contributed by atoms with Crippen molar-refractivity contribution in [1.29, 1.82) is 5.26 Å². The van der Waals surface area contributed by atoms with E-state index in [2.05, 4.69) is 159 Å².